The van der Waals surface area contributed by atoms with E-state index in [1.807, 2.05) is 4.90 Å². The van der Waals surface area contributed by atoms with E-state index < -0.39 is 0 Å². The van der Waals surface area contributed by atoms with Crippen molar-refractivity contribution in [1.29, 1.82) is 0 Å². The lowest BCUT2D eigenvalue weighted by molar-refractivity contribution is -0.129. The molecular weight excluding hydrogens is 224 g/mol. The van der Waals surface area contributed by atoms with E-state index in [0.29, 0.717) is 18.9 Å². The van der Waals surface area contributed by atoms with Crippen molar-refractivity contribution in [1.82, 2.24) is 4.90 Å². The number of hydrogen-bond acceptors (Lipinski definition) is 2. The first kappa shape index (κ1) is 13.1. The lowest BCUT2D eigenvalue weighted by Crippen LogP contribution is -2.33. The van der Waals surface area contributed by atoms with Crippen LogP contribution in [-0.2, 0) is 11.2 Å². The zero-order valence-corrected chi connectivity index (χ0v) is 11.4. The average molecular weight is 246 g/mol. The van der Waals surface area contributed by atoms with Gasteiger partial charge in [0.2, 0.25) is 5.91 Å². The fraction of sp³-hybridized carbons (Fsp3) is 0.533. The first-order valence-electron chi connectivity index (χ1n) is 6.57. The van der Waals surface area contributed by atoms with Gasteiger partial charge in [0, 0.05) is 19.1 Å². The van der Waals surface area contributed by atoms with Crippen molar-refractivity contribution in [2.24, 2.45) is 11.7 Å². The number of rotatable bonds is 2. The van der Waals surface area contributed by atoms with Gasteiger partial charge in [-0.3, -0.25) is 4.79 Å². The summed E-state index contributed by atoms with van der Waals surface area (Å²) in [7, 11) is 0. The normalized spacial score (nSPS) is 23.4. The minimum atomic E-state index is 0.132. The van der Waals surface area contributed by atoms with Crippen molar-refractivity contribution in [2.75, 3.05) is 13.1 Å². The number of likely N-dealkylation sites (tertiary alicyclic amines) is 1. The molecule has 2 unspecified atom stereocenters. The van der Waals surface area contributed by atoms with Gasteiger partial charge < -0.3 is 10.6 Å². The Balaban J connectivity index is 2.05. The molecule has 1 aliphatic heterocycles. The molecule has 1 aromatic carbocycles. The van der Waals surface area contributed by atoms with Crippen LogP contribution >= 0.6 is 0 Å². The monoisotopic (exact) mass is 246 g/mol. The Bertz CT molecular complexity index is 446. The fourth-order valence-electron chi connectivity index (χ4n) is 2.46. The van der Waals surface area contributed by atoms with Crippen LogP contribution in [0.15, 0.2) is 18.2 Å². The summed E-state index contributed by atoms with van der Waals surface area (Å²) in [5.41, 5.74) is 9.48. The predicted octanol–water partition coefficient (Wildman–Crippen LogP) is 1.65. The largest absolute Gasteiger partial charge is 0.341 e. The highest BCUT2D eigenvalue weighted by atomic mass is 16.2. The van der Waals surface area contributed by atoms with Gasteiger partial charge in [-0.1, -0.05) is 30.7 Å². The Morgan fingerprint density at radius 1 is 1.39 bits per heavy atom. The Morgan fingerprint density at radius 3 is 2.72 bits per heavy atom. The molecule has 18 heavy (non-hydrogen) atoms. The van der Waals surface area contributed by atoms with Gasteiger partial charge in [-0.15, -0.1) is 0 Å². The molecule has 1 heterocycles. The van der Waals surface area contributed by atoms with Crippen molar-refractivity contribution in [3.8, 4) is 0 Å². The summed E-state index contributed by atoms with van der Waals surface area (Å²) >= 11 is 0. The summed E-state index contributed by atoms with van der Waals surface area (Å²) < 4.78 is 0. The second-order valence-corrected chi connectivity index (χ2v) is 5.55. The molecule has 0 aliphatic carbocycles. The molecular formula is C15H22N2O. The van der Waals surface area contributed by atoms with Crippen molar-refractivity contribution in [2.45, 2.75) is 33.2 Å². The van der Waals surface area contributed by atoms with Crippen LogP contribution in [-0.4, -0.2) is 29.9 Å². The molecule has 1 aromatic rings. The highest BCUT2D eigenvalue weighted by molar-refractivity contribution is 5.79. The number of amides is 1. The number of benzene rings is 1. The van der Waals surface area contributed by atoms with E-state index in [9.17, 15) is 4.79 Å². The molecule has 98 valence electrons. The molecule has 1 aliphatic rings. The highest BCUT2D eigenvalue weighted by Gasteiger charge is 2.29. The number of aryl methyl sites for hydroxylation is 2. The van der Waals surface area contributed by atoms with Crippen LogP contribution < -0.4 is 5.73 Å². The SMILES string of the molecule is Cc1ccc(C)c(CC(=O)N2CC(C)C(N)C2)c1. The van der Waals surface area contributed by atoms with Gasteiger partial charge in [-0.2, -0.15) is 0 Å². The number of nitrogens with zero attached hydrogens (tertiary/aromatic N) is 1. The molecule has 0 spiro atoms. The third kappa shape index (κ3) is 2.72. The lowest BCUT2D eigenvalue weighted by atomic mass is 10.0. The van der Waals surface area contributed by atoms with E-state index in [1.165, 1.54) is 11.1 Å². The standard InChI is InChI=1S/C15H22N2O/c1-10-4-5-11(2)13(6-10)7-15(18)17-8-12(3)14(16)9-17/h4-6,12,14H,7-9,16H2,1-3H3. The van der Waals surface area contributed by atoms with Gasteiger partial charge in [-0.05, 0) is 30.9 Å². The maximum absolute atomic E-state index is 12.2. The maximum atomic E-state index is 12.2. The van der Waals surface area contributed by atoms with Crippen molar-refractivity contribution < 1.29 is 4.79 Å². The molecule has 1 fully saturated rings. The van der Waals surface area contributed by atoms with Gasteiger partial charge in [-0.25, -0.2) is 0 Å². The summed E-state index contributed by atoms with van der Waals surface area (Å²) in [5.74, 6) is 0.607. The molecule has 2 rings (SSSR count). The third-order valence-corrected chi connectivity index (χ3v) is 3.87. The van der Waals surface area contributed by atoms with Crippen molar-refractivity contribution in [3.05, 3.63) is 34.9 Å². The smallest absolute Gasteiger partial charge is 0.227 e. The molecule has 3 heteroatoms. The van der Waals surface area contributed by atoms with Gasteiger partial charge in [0.05, 0.1) is 6.42 Å². The summed E-state index contributed by atoms with van der Waals surface area (Å²) in [5, 5.41) is 0. The Hall–Kier alpha value is -1.35. The van der Waals surface area contributed by atoms with Gasteiger partial charge in [0.25, 0.3) is 0 Å². The average Bonchev–Trinajstić information content (AvgIpc) is 2.64. The molecule has 1 amide bonds. The minimum Gasteiger partial charge on any atom is -0.341 e. The van der Waals surface area contributed by atoms with Gasteiger partial charge in [0.15, 0.2) is 0 Å². The summed E-state index contributed by atoms with van der Waals surface area (Å²) in [6, 6.07) is 6.40. The van der Waals surface area contributed by atoms with E-state index in [-0.39, 0.29) is 11.9 Å². The number of carbonyl (C=O) groups is 1. The number of hydrogen-bond donors (Lipinski definition) is 1. The molecule has 0 saturated carbocycles. The van der Waals surface area contributed by atoms with Crippen LogP contribution in [0.25, 0.3) is 0 Å². The second kappa shape index (κ2) is 5.11. The molecule has 0 bridgehead atoms. The van der Waals surface area contributed by atoms with Gasteiger partial charge in [0.1, 0.15) is 0 Å². The lowest BCUT2D eigenvalue weighted by Gasteiger charge is -2.17. The Morgan fingerprint density at radius 2 is 2.11 bits per heavy atom. The Kier molecular flexibility index (Phi) is 3.71. The van der Waals surface area contributed by atoms with Crippen LogP contribution in [0.3, 0.4) is 0 Å². The van der Waals surface area contributed by atoms with Crippen molar-refractivity contribution >= 4 is 5.91 Å². The predicted molar refractivity (Wildman–Crippen MR) is 73.3 cm³/mol. The highest BCUT2D eigenvalue weighted by Crippen LogP contribution is 2.17. The van der Waals surface area contributed by atoms with Crippen LogP contribution in [0, 0.1) is 19.8 Å². The quantitative estimate of drug-likeness (QED) is 0.862. The maximum Gasteiger partial charge on any atom is 0.227 e. The molecule has 1 saturated heterocycles. The first-order chi connectivity index (χ1) is 8.47. The van der Waals surface area contributed by atoms with Crippen LogP contribution in [0.5, 0.6) is 0 Å². The minimum absolute atomic E-state index is 0.132. The molecule has 2 N–H and O–H groups in total. The second-order valence-electron chi connectivity index (χ2n) is 5.55. The molecule has 2 atom stereocenters. The first-order valence-corrected chi connectivity index (χ1v) is 6.57. The number of carbonyl (C=O) groups excluding carboxylic acids is 1. The summed E-state index contributed by atoms with van der Waals surface area (Å²) in [6.45, 7) is 7.72. The molecule has 0 radical (unpaired) electrons. The zero-order chi connectivity index (χ0) is 13.3. The molecule has 3 nitrogen and oxygen atoms in total. The van der Waals surface area contributed by atoms with Crippen molar-refractivity contribution in [3.63, 3.8) is 0 Å². The van der Waals surface area contributed by atoms with E-state index in [1.54, 1.807) is 0 Å². The molecule has 0 aromatic heterocycles. The van der Waals surface area contributed by atoms with E-state index in [4.69, 9.17) is 5.73 Å². The zero-order valence-electron chi connectivity index (χ0n) is 11.4. The van der Waals surface area contributed by atoms with E-state index in [0.717, 1.165) is 12.1 Å². The summed E-state index contributed by atoms with van der Waals surface area (Å²) in [4.78, 5) is 14.1. The van der Waals surface area contributed by atoms with Crippen LogP contribution in [0.1, 0.15) is 23.6 Å². The van der Waals surface area contributed by atoms with E-state index >= 15 is 0 Å². The van der Waals surface area contributed by atoms with Gasteiger partial charge >= 0.3 is 0 Å². The van der Waals surface area contributed by atoms with E-state index in [2.05, 4.69) is 39.0 Å². The third-order valence-electron chi connectivity index (χ3n) is 3.87. The number of nitrogens with two attached hydrogens (primary N) is 1. The van der Waals surface area contributed by atoms with Crippen LogP contribution in [0.4, 0.5) is 0 Å². The fourth-order valence-corrected chi connectivity index (χ4v) is 2.46. The Labute approximate surface area is 109 Å². The topological polar surface area (TPSA) is 46.3 Å². The summed E-state index contributed by atoms with van der Waals surface area (Å²) in [6.07, 6.45) is 0.493. The van der Waals surface area contributed by atoms with Crippen LogP contribution in [0.2, 0.25) is 0 Å².